The molecule has 0 bridgehead atoms. The van der Waals surface area contributed by atoms with Crippen molar-refractivity contribution in [3.8, 4) is 0 Å². The number of ether oxygens (including phenoxy) is 1. The smallest absolute Gasteiger partial charge is 0.306 e. The Hall–Kier alpha value is -6.29. The molecular formula is C54H52Cl3N5O3. The maximum atomic E-state index is 11.9. The van der Waals surface area contributed by atoms with E-state index >= 15 is 0 Å². The molecule has 9 aromatic rings. The van der Waals surface area contributed by atoms with Crippen molar-refractivity contribution in [3.63, 3.8) is 0 Å². The number of amides is 1. The average molecular weight is 925 g/mol. The van der Waals surface area contributed by atoms with Gasteiger partial charge in [-0.2, -0.15) is 0 Å². The minimum absolute atomic E-state index is 0.00455. The molecule has 8 nitrogen and oxygen atoms in total. The number of rotatable bonds is 13. The van der Waals surface area contributed by atoms with Gasteiger partial charge in [0.15, 0.2) is 0 Å². The van der Waals surface area contributed by atoms with Crippen LogP contribution in [0.5, 0.6) is 0 Å². The molecule has 0 saturated heterocycles. The van der Waals surface area contributed by atoms with Crippen molar-refractivity contribution < 1.29 is 14.3 Å². The molecule has 1 amide bonds. The lowest BCUT2D eigenvalue weighted by molar-refractivity contribution is -0.140. The molecule has 0 aliphatic rings. The minimum atomic E-state index is -0.230. The fourth-order valence-electron chi connectivity index (χ4n) is 8.14. The SMILES string of the molecule is CNC(=O)CC(c1ccc(Cl)cc1)c1ccc2cc[nH]c2c1.CNCCC(c1ccc(Cl)cc1)c1ccc2cc[nH]c2c1.COC(=O)CC(c1ccc(Cl)cc1)c1ccc2cc[nH]c2c1. The Morgan fingerprint density at radius 2 is 0.846 bits per heavy atom. The first-order valence-electron chi connectivity index (χ1n) is 21.5. The summed E-state index contributed by atoms with van der Waals surface area (Å²) in [5, 5.41) is 11.7. The van der Waals surface area contributed by atoms with Gasteiger partial charge in [-0.25, -0.2) is 0 Å². The Morgan fingerprint density at radius 3 is 1.22 bits per heavy atom. The summed E-state index contributed by atoms with van der Waals surface area (Å²) in [5.41, 5.74) is 10.3. The number of halogens is 3. The number of fused-ring (bicyclic) bond motifs is 3. The van der Waals surface area contributed by atoms with Crippen molar-refractivity contribution in [1.82, 2.24) is 25.6 Å². The van der Waals surface area contributed by atoms with Crippen LogP contribution in [0.15, 0.2) is 164 Å². The van der Waals surface area contributed by atoms with E-state index in [0.29, 0.717) is 28.8 Å². The van der Waals surface area contributed by atoms with Crippen molar-refractivity contribution in [2.75, 3.05) is 27.7 Å². The summed E-state index contributed by atoms with van der Waals surface area (Å²) in [6, 6.07) is 48.8. The minimum Gasteiger partial charge on any atom is -0.469 e. The standard InChI is InChI=1S/C18H17ClN2O.C18H19ClN2.C18H16ClNO2/c1-20-18(22)11-16(12-4-6-15(19)7-5-12)14-3-2-13-8-9-21-17(13)10-14;1-20-10-9-17(13-4-6-16(19)7-5-13)15-3-2-14-8-11-21-18(14)12-15;1-22-18(21)11-16(12-4-6-15(19)7-5-12)14-3-2-13-8-9-20-17(13)10-14/h2-10,16,21H,11H2,1H3,(H,20,22);2-8,11-12,17,20-21H,9-10H2,1H3;2-10,16,20H,11H2,1H3. The average Bonchev–Trinajstić information content (AvgIpc) is 4.13. The molecule has 65 heavy (non-hydrogen) atoms. The summed E-state index contributed by atoms with van der Waals surface area (Å²) < 4.78 is 4.85. The summed E-state index contributed by atoms with van der Waals surface area (Å²) in [4.78, 5) is 33.4. The summed E-state index contributed by atoms with van der Waals surface area (Å²) in [6.45, 7) is 0.982. The molecule has 3 atom stereocenters. The fraction of sp³-hybridized carbons (Fsp3) is 0.185. The highest BCUT2D eigenvalue weighted by molar-refractivity contribution is 6.31. The van der Waals surface area contributed by atoms with Crippen molar-refractivity contribution in [1.29, 1.82) is 0 Å². The molecule has 332 valence electrons. The van der Waals surface area contributed by atoms with Crippen LogP contribution in [0.3, 0.4) is 0 Å². The maximum absolute atomic E-state index is 11.9. The van der Waals surface area contributed by atoms with E-state index in [2.05, 4.69) is 98.4 Å². The van der Waals surface area contributed by atoms with Gasteiger partial charge in [0.2, 0.25) is 5.91 Å². The van der Waals surface area contributed by atoms with Gasteiger partial charge in [-0.1, -0.05) is 108 Å². The number of methoxy groups -OCH3 is 1. The number of aromatic amines is 3. The maximum Gasteiger partial charge on any atom is 0.306 e. The number of carbonyl (C=O) groups is 2. The van der Waals surface area contributed by atoms with Crippen LogP contribution in [0.2, 0.25) is 15.1 Å². The van der Waals surface area contributed by atoms with E-state index in [4.69, 9.17) is 39.5 Å². The first kappa shape index (κ1) is 46.7. The van der Waals surface area contributed by atoms with E-state index in [0.717, 1.165) is 56.7 Å². The van der Waals surface area contributed by atoms with Gasteiger partial charge in [0.1, 0.15) is 0 Å². The quantitative estimate of drug-likeness (QED) is 0.0741. The highest BCUT2D eigenvalue weighted by Crippen LogP contribution is 2.34. The van der Waals surface area contributed by atoms with Crippen LogP contribution in [0, 0.1) is 0 Å². The first-order chi connectivity index (χ1) is 31.6. The third-order valence-corrected chi connectivity index (χ3v) is 12.5. The van der Waals surface area contributed by atoms with Gasteiger partial charge in [-0.15, -0.1) is 0 Å². The van der Waals surface area contributed by atoms with Gasteiger partial charge >= 0.3 is 5.97 Å². The van der Waals surface area contributed by atoms with Crippen molar-refractivity contribution in [2.45, 2.75) is 37.0 Å². The van der Waals surface area contributed by atoms with Crippen molar-refractivity contribution in [2.24, 2.45) is 0 Å². The van der Waals surface area contributed by atoms with Crippen LogP contribution >= 0.6 is 34.8 Å². The number of benzene rings is 6. The highest BCUT2D eigenvalue weighted by Gasteiger charge is 2.21. The van der Waals surface area contributed by atoms with Crippen LogP contribution in [-0.2, 0) is 14.3 Å². The molecule has 0 radical (unpaired) electrons. The molecule has 9 rings (SSSR count). The van der Waals surface area contributed by atoms with Gasteiger partial charge in [0.25, 0.3) is 0 Å². The zero-order valence-corrected chi connectivity index (χ0v) is 38.8. The van der Waals surface area contributed by atoms with Crippen LogP contribution in [0.25, 0.3) is 32.7 Å². The molecule has 11 heteroatoms. The van der Waals surface area contributed by atoms with Crippen LogP contribution in [0.4, 0.5) is 0 Å². The normalized spacial score (nSPS) is 12.4. The molecule has 3 heterocycles. The summed E-state index contributed by atoms with van der Waals surface area (Å²) >= 11 is 17.9. The predicted octanol–water partition coefficient (Wildman–Crippen LogP) is 13.2. The zero-order valence-electron chi connectivity index (χ0n) is 36.5. The molecule has 0 saturated carbocycles. The zero-order chi connectivity index (χ0) is 45.7. The van der Waals surface area contributed by atoms with Crippen LogP contribution in [0.1, 0.15) is 70.4 Å². The molecule has 0 spiro atoms. The molecule has 0 aliphatic heterocycles. The first-order valence-corrected chi connectivity index (χ1v) is 22.6. The van der Waals surface area contributed by atoms with Crippen molar-refractivity contribution >= 4 is 79.4 Å². The largest absolute Gasteiger partial charge is 0.469 e. The van der Waals surface area contributed by atoms with E-state index in [-0.39, 0.29) is 23.7 Å². The number of H-pyrrole nitrogens is 3. The van der Waals surface area contributed by atoms with E-state index < -0.39 is 0 Å². The third-order valence-electron chi connectivity index (χ3n) is 11.7. The molecule has 0 aliphatic carbocycles. The Labute approximate surface area is 394 Å². The number of hydrogen-bond acceptors (Lipinski definition) is 4. The third kappa shape index (κ3) is 12.3. The topological polar surface area (TPSA) is 115 Å². The number of aromatic nitrogens is 3. The second-order valence-corrected chi connectivity index (χ2v) is 17.1. The fourth-order valence-corrected chi connectivity index (χ4v) is 8.52. The van der Waals surface area contributed by atoms with E-state index in [1.807, 2.05) is 98.4 Å². The number of esters is 1. The second kappa shape index (κ2) is 22.6. The number of nitrogens with one attached hydrogen (secondary N) is 5. The Bertz CT molecular complexity index is 2800. The Balaban J connectivity index is 0.000000145. The van der Waals surface area contributed by atoms with E-state index in [1.165, 1.54) is 34.5 Å². The lowest BCUT2D eigenvalue weighted by Gasteiger charge is -2.18. The highest BCUT2D eigenvalue weighted by atomic mass is 35.5. The summed E-state index contributed by atoms with van der Waals surface area (Å²) in [6.07, 6.45) is 7.58. The molecule has 6 aromatic carbocycles. The van der Waals surface area contributed by atoms with Gasteiger partial charge < -0.3 is 30.3 Å². The Morgan fingerprint density at radius 1 is 0.492 bits per heavy atom. The van der Waals surface area contributed by atoms with Gasteiger partial charge in [-0.05, 0) is 142 Å². The molecule has 3 unspecified atom stereocenters. The van der Waals surface area contributed by atoms with Crippen LogP contribution in [-0.4, -0.2) is 54.6 Å². The molecule has 3 aromatic heterocycles. The molecule has 0 fully saturated rings. The van der Waals surface area contributed by atoms with Gasteiger partial charge in [0.05, 0.1) is 13.5 Å². The lowest BCUT2D eigenvalue weighted by Crippen LogP contribution is -2.21. The second-order valence-electron chi connectivity index (χ2n) is 15.8. The number of carbonyl (C=O) groups excluding carboxylic acids is 2. The van der Waals surface area contributed by atoms with Gasteiger partial charge in [0, 0.05) is 81.4 Å². The Kier molecular flexibility index (Phi) is 16.2. The predicted molar refractivity (Wildman–Crippen MR) is 269 cm³/mol. The number of hydrogen-bond donors (Lipinski definition) is 5. The lowest BCUT2D eigenvalue weighted by atomic mass is 9.88. The monoisotopic (exact) mass is 923 g/mol. The van der Waals surface area contributed by atoms with Crippen LogP contribution < -0.4 is 10.6 Å². The van der Waals surface area contributed by atoms with E-state index in [9.17, 15) is 9.59 Å². The summed E-state index contributed by atoms with van der Waals surface area (Å²) in [5.74, 6) is 0.114. The van der Waals surface area contributed by atoms with E-state index in [1.54, 1.807) is 7.05 Å². The summed E-state index contributed by atoms with van der Waals surface area (Å²) in [7, 11) is 5.07. The van der Waals surface area contributed by atoms with Crippen molar-refractivity contribution in [3.05, 3.63) is 213 Å². The molecule has 5 N–H and O–H groups in total. The van der Waals surface area contributed by atoms with Gasteiger partial charge in [-0.3, -0.25) is 9.59 Å². The molecular weight excluding hydrogens is 873 g/mol.